The average Bonchev–Trinajstić information content (AvgIpc) is 3.34. The molecule has 3 heterocycles. The van der Waals surface area contributed by atoms with Gasteiger partial charge < -0.3 is 14.2 Å². The quantitative estimate of drug-likeness (QED) is 0.326. The summed E-state index contributed by atoms with van der Waals surface area (Å²) in [4.78, 5) is 35.0. The molecule has 0 saturated heterocycles. The molecule has 1 N–H and O–H groups in total. The molecular formula is C29H19N3O4. The van der Waals surface area contributed by atoms with E-state index in [4.69, 9.17) is 8.83 Å². The predicted octanol–water partition coefficient (Wildman–Crippen LogP) is 6.22. The number of fused-ring (bicyclic) bond motifs is 2. The minimum absolute atomic E-state index is 0.0548. The summed E-state index contributed by atoms with van der Waals surface area (Å²) >= 11 is 0. The first kappa shape index (κ1) is 21.5. The van der Waals surface area contributed by atoms with Crippen molar-refractivity contribution < 1.29 is 13.6 Å². The third-order valence-corrected chi connectivity index (χ3v) is 6.08. The zero-order valence-corrected chi connectivity index (χ0v) is 19.2. The second-order valence-electron chi connectivity index (χ2n) is 8.28. The molecule has 6 aromatic rings. The molecule has 6 rings (SSSR count). The van der Waals surface area contributed by atoms with Gasteiger partial charge in [-0.2, -0.15) is 4.98 Å². The largest absolute Gasteiger partial charge is 0.434 e. The maximum atomic E-state index is 13.6. The van der Waals surface area contributed by atoms with Crippen LogP contribution in [-0.2, 0) is 0 Å². The van der Waals surface area contributed by atoms with Gasteiger partial charge in [0.05, 0.1) is 5.39 Å². The first-order valence-electron chi connectivity index (χ1n) is 11.3. The number of anilines is 1. The van der Waals surface area contributed by atoms with Crippen LogP contribution < -0.4 is 10.9 Å². The van der Waals surface area contributed by atoms with E-state index in [1.54, 1.807) is 42.6 Å². The summed E-state index contributed by atoms with van der Waals surface area (Å²) in [5.74, 6) is -0.184. The minimum atomic E-state index is -0.570. The molecule has 0 unspecified atom stereocenters. The first-order valence-corrected chi connectivity index (χ1v) is 11.3. The van der Waals surface area contributed by atoms with Gasteiger partial charge in [0.1, 0.15) is 0 Å². The highest BCUT2D eigenvalue weighted by atomic mass is 16.4. The van der Waals surface area contributed by atoms with Crippen molar-refractivity contribution in [3.8, 4) is 22.6 Å². The Labute approximate surface area is 205 Å². The van der Waals surface area contributed by atoms with Crippen molar-refractivity contribution in [3.05, 3.63) is 113 Å². The number of pyridine rings is 1. The fourth-order valence-electron chi connectivity index (χ4n) is 4.32. The summed E-state index contributed by atoms with van der Waals surface area (Å²) in [7, 11) is 0. The molecule has 7 nitrogen and oxygen atoms in total. The first-order chi connectivity index (χ1) is 17.6. The van der Waals surface area contributed by atoms with E-state index in [0.717, 1.165) is 11.1 Å². The van der Waals surface area contributed by atoms with Gasteiger partial charge in [-0.1, -0.05) is 54.6 Å². The van der Waals surface area contributed by atoms with Crippen molar-refractivity contribution in [2.24, 2.45) is 0 Å². The average molecular weight is 473 g/mol. The number of aromatic nitrogens is 2. The van der Waals surface area contributed by atoms with E-state index >= 15 is 0 Å². The fraction of sp³-hybridized carbons (Fsp3) is 0.0345. The summed E-state index contributed by atoms with van der Waals surface area (Å²) in [6, 6.07) is 25.5. The van der Waals surface area contributed by atoms with Gasteiger partial charge in [0.2, 0.25) is 11.7 Å². The smallest absolute Gasteiger partial charge is 0.344 e. The molecule has 174 valence electrons. The van der Waals surface area contributed by atoms with Gasteiger partial charge in [0, 0.05) is 28.4 Å². The Morgan fingerprint density at radius 2 is 1.61 bits per heavy atom. The Bertz CT molecular complexity index is 1790. The Kier molecular flexibility index (Phi) is 5.15. The number of hydrogen-bond donors (Lipinski definition) is 1. The summed E-state index contributed by atoms with van der Waals surface area (Å²) in [5, 5.41) is 3.98. The highest BCUT2D eigenvalue weighted by Crippen LogP contribution is 2.33. The van der Waals surface area contributed by atoms with E-state index in [2.05, 4.69) is 15.3 Å². The molecule has 0 atom stereocenters. The third kappa shape index (κ3) is 3.63. The SMILES string of the molecule is Cc1c(NC(=O)c2oc(=O)c3ccccc3c2-c2ccccc2)cccc1-c1nc2ncccc2o1. The van der Waals surface area contributed by atoms with E-state index < -0.39 is 11.5 Å². The van der Waals surface area contributed by atoms with Gasteiger partial charge in [-0.25, -0.2) is 9.78 Å². The third-order valence-electron chi connectivity index (χ3n) is 6.08. The lowest BCUT2D eigenvalue weighted by molar-refractivity contribution is 0.0994. The molecule has 0 saturated carbocycles. The molecule has 3 aromatic heterocycles. The standard InChI is InChI=1S/C29H19N3O4/c1-17-19(28-32-26-23(35-28)15-8-16-30-26)13-7-14-22(17)31-27(33)25-24(18-9-3-2-4-10-18)20-11-5-6-12-21(20)29(34)36-25/h2-16H,1H3,(H,31,33). The van der Waals surface area contributed by atoms with Gasteiger partial charge >= 0.3 is 5.63 Å². The number of carbonyl (C=O) groups excluding carboxylic acids is 1. The predicted molar refractivity (Wildman–Crippen MR) is 138 cm³/mol. The summed E-state index contributed by atoms with van der Waals surface area (Å²) < 4.78 is 11.5. The van der Waals surface area contributed by atoms with Gasteiger partial charge in [0.25, 0.3) is 5.91 Å². The van der Waals surface area contributed by atoms with Gasteiger partial charge in [-0.3, -0.25) is 4.79 Å². The van der Waals surface area contributed by atoms with Gasteiger partial charge in [0.15, 0.2) is 11.2 Å². The molecule has 0 fully saturated rings. The number of amides is 1. The number of carbonyl (C=O) groups is 1. The number of hydrogen-bond acceptors (Lipinski definition) is 6. The number of oxazole rings is 1. The molecule has 0 aliphatic heterocycles. The molecule has 36 heavy (non-hydrogen) atoms. The van der Waals surface area contributed by atoms with Crippen molar-refractivity contribution in [3.63, 3.8) is 0 Å². The number of benzene rings is 3. The summed E-state index contributed by atoms with van der Waals surface area (Å²) in [6.07, 6.45) is 1.65. The monoisotopic (exact) mass is 473 g/mol. The number of rotatable bonds is 4. The lowest BCUT2D eigenvalue weighted by Gasteiger charge is -2.14. The lowest BCUT2D eigenvalue weighted by atomic mass is 9.98. The highest BCUT2D eigenvalue weighted by molar-refractivity contribution is 6.12. The summed E-state index contributed by atoms with van der Waals surface area (Å²) in [6.45, 7) is 1.86. The Morgan fingerprint density at radius 3 is 2.42 bits per heavy atom. The van der Waals surface area contributed by atoms with Crippen LogP contribution in [0.2, 0.25) is 0 Å². The zero-order valence-electron chi connectivity index (χ0n) is 19.2. The van der Waals surface area contributed by atoms with Crippen LogP contribution in [0.25, 0.3) is 44.6 Å². The van der Waals surface area contributed by atoms with Crippen molar-refractivity contribution in [1.29, 1.82) is 0 Å². The van der Waals surface area contributed by atoms with Crippen LogP contribution in [0.1, 0.15) is 16.1 Å². The Balaban J connectivity index is 1.45. The fourth-order valence-corrected chi connectivity index (χ4v) is 4.32. The number of nitrogens with one attached hydrogen (secondary N) is 1. The second kappa shape index (κ2) is 8.63. The highest BCUT2D eigenvalue weighted by Gasteiger charge is 2.22. The van der Waals surface area contributed by atoms with Crippen LogP contribution in [0.5, 0.6) is 0 Å². The molecule has 0 bridgehead atoms. The van der Waals surface area contributed by atoms with E-state index in [9.17, 15) is 9.59 Å². The summed E-state index contributed by atoms with van der Waals surface area (Å²) in [5.41, 5.74) is 3.85. The molecule has 0 aliphatic carbocycles. The zero-order chi connectivity index (χ0) is 24.6. The van der Waals surface area contributed by atoms with Crippen LogP contribution in [0, 0.1) is 6.92 Å². The number of nitrogens with zero attached hydrogens (tertiary/aromatic N) is 2. The van der Waals surface area contributed by atoms with Gasteiger partial charge in [-0.05, 0) is 48.4 Å². The van der Waals surface area contributed by atoms with Crippen molar-refractivity contribution >= 4 is 33.6 Å². The van der Waals surface area contributed by atoms with Crippen LogP contribution >= 0.6 is 0 Å². The molecule has 7 heteroatoms. The Morgan fingerprint density at radius 1 is 0.833 bits per heavy atom. The van der Waals surface area contributed by atoms with Crippen molar-refractivity contribution in [1.82, 2.24) is 9.97 Å². The lowest BCUT2D eigenvalue weighted by Crippen LogP contribution is -2.17. The maximum Gasteiger partial charge on any atom is 0.344 e. The van der Waals surface area contributed by atoms with Gasteiger partial charge in [-0.15, -0.1) is 0 Å². The molecule has 3 aromatic carbocycles. The van der Waals surface area contributed by atoms with E-state index in [1.165, 1.54) is 0 Å². The van der Waals surface area contributed by atoms with E-state index in [1.807, 2.05) is 55.5 Å². The maximum absolute atomic E-state index is 13.6. The van der Waals surface area contributed by atoms with E-state index in [0.29, 0.717) is 44.7 Å². The topological polar surface area (TPSA) is 98.2 Å². The second-order valence-corrected chi connectivity index (χ2v) is 8.28. The Hall–Kier alpha value is -5.04. The minimum Gasteiger partial charge on any atom is -0.434 e. The van der Waals surface area contributed by atoms with Crippen LogP contribution in [0.15, 0.2) is 105 Å². The van der Waals surface area contributed by atoms with Crippen LogP contribution in [-0.4, -0.2) is 15.9 Å². The van der Waals surface area contributed by atoms with Crippen molar-refractivity contribution in [2.45, 2.75) is 6.92 Å². The van der Waals surface area contributed by atoms with Crippen LogP contribution in [0.4, 0.5) is 5.69 Å². The normalized spacial score (nSPS) is 11.1. The van der Waals surface area contributed by atoms with Crippen LogP contribution in [0.3, 0.4) is 0 Å². The molecule has 0 radical (unpaired) electrons. The molecular weight excluding hydrogens is 454 g/mol. The molecule has 0 aliphatic rings. The van der Waals surface area contributed by atoms with E-state index in [-0.39, 0.29) is 5.76 Å². The molecule has 1 amide bonds. The molecule has 0 spiro atoms. The van der Waals surface area contributed by atoms with Crippen molar-refractivity contribution in [2.75, 3.05) is 5.32 Å².